The minimum Gasteiger partial charge on any atom is -0.508 e. The molecule has 0 saturated heterocycles. The van der Waals surface area contributed by atoms with E-state index in [-0.39, 0.29) is 17.7 Å². The summed E-state index contributed by atoms with van der Waals surface area (Å²) in [4.78, 5) is 17.8. The van der Waals surface area contributed by atoms with Crippen molar-refractivity contribution in [3.63, 3.8) is 0 Å². The third kappa shape index (κ3) is 3.18. The van der Waals surface area contributed by atoms with Crippen molar-refractivity contribution in [1.29, 1.82) is 0 Å². The summed E-state index contributed by atoms with van der Waals surface area (Å²) >= 11 is 0. The van der Waals surface area contributed by atoms with Gasteiger partial charge in [-0.3, -0.25) is 4.79 Å². The molecule has 0 spiro atoms. The molecule has 1 aliphatic rings. The third-order valence-corrected chi connectivity index (χ3v) is 3.49. The quantitative estimate of drug-likeness (QED) is 0.879. The number of hydrogen-bond acceptors (Lipinski definition) is 3. The van der Waals surface area contributed by atoms with Crippen LogP contribution in [0, 0.1) is 5.95 Å². The van der Waals surface area contributed by atoms with Gasteiger partial charge in [0.05, 0.1) is 5.56 Å². The summed E-state index contributed by atoms with van der Waals surface area (Å²) in [5, 5.41) is 9.51. The highest BCUT2D eigenvalue weighted by atomic mass is 19.1. The number of nitrogens with zero attached hydrogens (tertiary/aromatic N) is 2. The number of amides is 1. The molecule has 1 aromatic carbocycles. The van der Waals surface area contributed by atoms with Gasteiger partial charge in [-0.15, -0.1) is 0 Å². The maximum absolute atomic E-state index is 12.8. The summed E-state index contributed by atoms with van der Waals surface area (Å²) < 4.78 is 12.8. The van der Waals surface area contributed by atoms with Gasteiger partial charge in [0.1, 0.15) is 5.75 Å². The monoisotopic (exact) mass is 286 g/mol. The number of halogens is 1. The van der Waals surface area contributed by atoms with Crippen molar-refractivity contribution in [2.24, 2.45) is 0 Å². The molecule has 2 aromatic rings. The van der Waals surface area contributed by atoms with Crippen LogP contribution in [-0.2, 0) is 6.54 Å². The van der Waals surface area contributed by atoms with Crippen molar-refractivity contribution in [2.75, 3.05) is 0 Å². The van der Waals surface area contributed by atoms with Gasteiger partial charge in [0, 0.05) is 18.8 Å². The molecule has 1 aromatic heterocycles. The lowest BCUT2D eigenvalue weighted by Crippen LogP contribution is -2.32. The maximum atomic E-state index is 12.8. The summed E-state index contributed by atoms with van der Waals surface area (Å²) in [6, 6.07) is 9.70. The Kier molecular flexibility index (Phi) is 3.56. The van der Waals surface area contributed by atoms with E-state index < -0.39 is 5.95 Å². The van der Waals surface area contributed by atoms with E-state index in [2.05, 4.69) is 4.98 Å². The minimum absolute atomic E-state index is 0.159. The van der Waals surface area contributed by atoms with E-state index in [9.17, 15) is 14.3 Å². The molecule has 108 valence electrons. The van der Waals surface area contributed by atoms with Crippen LogP contribution >= 0.6 is 0 Å². The number of carbonyl (C=O) groups excluding carboxylic acids is 1. The predicted molar refractivity (Wildman–Crippen MR) is 75.2 cm³/mol. The van der Waals surface area contributed by atoms with Gasteiger partial charge in [0.25, 0.3) is 5.91 Å². The molecule has 1 fully saturated rings. The average molecular weight is 286 g/mol. The van der Waals surface area contributed by atoms with Crippen LogP contribution in [-0.4, -0.2) is 26.9 Å². The van der Waals surface area contributed by atoms with E-state index in [0.29, 0.717) is 12.1 Å². The summed E-state index contributed by atoms with van der Waals surface area (Å²) in [5.74, 6) is -0.579. The zero-order valence-electron chi connectivity index (χ0n) is 11.4. The van der Waals surface area contributed by atoms with Crippen LogP contribution in [0.3, 0.4) is 0 Å². The second-order valence-corrected chi connectivity index (χ2v) is 5.20. The smallest absolute Gasteiger partial charge is 0.255 e. The first-order valence-electron chi connectivity index (χ1n) is 6.84. The van der Waals surface area contributed by atoms with Gasteiger partial charge < -0.3 is 10.0 Å². The number of rotatable bonds is 4. The van der Waals surface area contributed by atoms with E-state index in [4.69, 9.17) is 0 Å². The molecule has 21 heavy (non-hydrogen) atoms. The van der Waals surface area contributed by atoms with Crippen molar-refractivity contribution in [2.45, 2.75) is 25.4 Å². The van der Waals surface area contributed by atoms with Crippen LogP contribution < -0.4 is 0 Å². The van der Waals surface area contributed by atoms with Gasteiger partial charge in [0.2, 0.25) is 5.95 Å². The molecule has 0 radical (unpaired) electrons. The SMILES string of the molecule is O=C(c1ccc(F)nc1)N(Cc1cccc(O)c1)C1CC1. The van der Waals surface area contributed by atoms with Crippen molar-refractivity contribution >= 4 is 5.91 Å². The summed E-state index contributed by atoms with van der Waals surface area (Å²) in [6.07, 6.45) is 3.20. The molecule has 1 saturated carbocycles. The number of phenolic OH excluding ortho intramolecular Hbond substituents is 1. The summed E-state index contributed by atoms with van der Waals surface area (Å²) in [7, 11) is 0. The molecule has 0 bridgehead atoms. The average Bonchev–Trinajstić information content (AvgIpc) is 3.29. The highest BCUT2D eigenvalue weighted by molar-refractivity contribution is 5.94. The Balaban J connectivity index is 1.81. The number of aromatic nitrogens is 1. The topological polar surface area (TPSA) is 53.4 Å². The Morgan fingerprint density at radius 1 is 1.33 bits per heavy atom. The minimum atomic E-state index is -0.600. The van der Waals surface area contributed by atoms with Gasteiger partial charge in [-0.25, -0.2) is 4.98 Å². The normalized spacial score (nSPS) is 14.0. The molecule has 1 heterocycles. The number of pyridine rings is 1. The largest absolute Gasteiger partial charge is 0.508 e. The second-order valence-electron chi connectivity index (χ2n) is 5.20. The third-order valence-electron chi connectivity index (χ3n) is 3.49. The van der Waals surface area contributed by atoms with Gasteiger partial charge in [0.15, 0.2) is 0 Å². The zero-order chi connectivity index (χ0) is 14.8. The number of hydrogen-bond donors (Lipinski definition) is 1. The molecule has 1 amide bonds. The van der Waals surface area contributed by atoms with Crippen LogP contribution in [0.1, 0.15) is 28.8 Å². The summed E-state index contributed by atoms with van der Waals surface area (Å²) in [5.41, 5.74) is 1.24. The lowest BCUT2D eigenvalue weighted by atomic mass is 10.1. The standard InChI is InChI=1S/C16H15FN2O2/c17-15-7-4-12(9-18-15)16(21)19(13-5-6-13)10-11-2-1-3-14(20)8-11/h1-4,7-9,13,20H,5-6,10H2. The Hall–Kier alpha value is -2.43. The van der Waals surface area contributed by atoms with Crippen molar-refractivity contribution in [1.82, 2.24) is 9.88 Å². The Bertz CT molecular complexity index is 654. The highest BCUT2D eigenvalue weighted by Crippen LogP contribution is 2.30. The lowest BCUT2D eigenvalue weighted by Gasteiger charge is -2.22. The molecule has 0 atom stereocenters. The van der Waals surface area contributed by atoms with E-state index >= 15 is 0 Å². The van der Waals surface area contributed by atoms with Crippen molar-refractivity contribution in [3.05, 3.63) is 59.7 Å². The number of benzene rings is 1. The van der Waals surface area contributed by atoms with Crippen molar-refractivity contribution in [3.8, 4) is 5.75 Å². The number of aromatic hydroxyl groups is 1. The molecule has 3 rings (SSSR count). The molecule has 0 unspecified atom stereocenters. The molecule has 0 aliphatic heterocycles. The van der Waals surface area contributed by atoms with Gasteiger partial charge in [-0.1, -0.05) is 12.1 Å². The Morgan fingerprint density at radius 3 is 2.76 bits per heavy atom. The first-order chi connectivity index (χ1) is 10.1. The number of carbonyl (C=O) groups is 1. The van der Waals surface area contributed by atoms with Crippen LogP contribution in [0.4, 0.5) is 4.39 Å². The zero-order valence-corrected chi connectivity index (χ0v) is 11.4. The van der Waals surface area contributed by atoms with E-state index in [1.165, 1.54) is 18.3 Å². The lowest BCUT2D eigenvalue weighted by molar-refractivity contribution is 0.0729. The fourth-order valence-corrected chi connectivity index (χ4v) is 2.27. The highest BCUT2D eigenvalue weighted by Gasteiger charge is 2.33. The first kappa shape index (κ1) is 13.5. The predicted octanol–water partition coefficient (Wildman–Crippen LogP) is 2.73. The fraction of sp³-hybridized carbons (Fsp3) is 0.250. The number of phenols is 1. The Morgan fingerprint density at radius 2 is 2.14 bits per heavy atom. The van der Waals surface area contributed by atoms with Crippen molar-refractivity contribution < 1.29 is 14.3 Å². The molecule has 5 heteroatoms. The van der Waals surface area contributed by atoms with Gasteiger partial charge in [-0.2, -0.15) is 4.39 Å². The van der Waals surface area contributed by atoms with Gasteiger partial charge in [-0.05, 0) is 42.7 Å². The van der Waals surface area contributed by atoms with Gasteiger partial charge >= 0.3 is 0 Å². The first-order valence-corrected chi connectivity index (χ1v) is 6.84. The fourth-order valence-electron chi connectivity index (χ4n) is 2.27. The molecule has 1 aliphatic carbocycles. The molecule has 4 nitrogen and oxygen atoms in total. The van der Waals surface area contributed by atoms with Crippen LogP contribution in [0.2, 0.25) is 0 Å². The van der Waals surface area contributed by atoms with Crippen LogP contribution in [0.15, 0.2) is 42.6 Å². The molecule has 1 N–H and O–H groups in total. The molecular formula is C16H15FN2O2. The van der Waals surface area contributed by atoms with E-state index in [0.717, 1.165) is 18.4 Å². The van der Waals surface area contributed by atoms with Crippen LogP contribution in [0.25, 0.3) is 0 Å². The van der Waals surface area contributed by atoms with E-state index in [1.807, 2.05) is 6.07 Å². The second kappa shape index (κ2) is 5.52. The maximum Gasteiger partial charge on any atom is 0.255 e. The molecular weight excluding hydrogens is 271 g/mol. The Labute approximate surface area is 121 Å². The summed E-state index contributed by atoms with van der Waals surface area (Å²) in [6.45, 7) is 0.426. The van der Waals surface area contributed by atoms with E-state index in [1.54, 1.807) is 23.1 Å². The van der Waals surface area contributed by atoms with Crippen LogP contribution in [0.5, 0.6) is 5.75 Å².